The van der Waals surface area contributed by atoms with Crippen LogP contribution >= 0.6 is 11.6 Å². The largest absolute Gasteiger partial charge is 0.496 e. The summed E-state index contributed by atoms with van der Waals surface area (Å²) in [4.78, 5) is 11.8. The summed E-state index contributed by atoms with van der Waals surface area (Å²) in [7, 11) is 1.55. The molecule has 0 aromatic heterocycles. The van der Waals surface area contributed by atoms with Crippen LogP contribution in [0, 0.1) is 0 Å². The fourth-order valence-corrected chi connectivity index (χ4v) is 1.84. The van der Waals surface area contributed by atoms with Gasteiger partial charge in [-0.2, -0.15) is 0 Å². The first-order chi connectivity index (χ1) is 8.56. The second kappa shape index (κ2) is 7.24. The first-order valence-electron chi connectivity index (χ1n) is 5.79. The number of hydrogen-bond acceptors (Lipinski definition) is 3. The van der Waals surface area contributed by atoms with E-state index in [1.165, 1.54) is 0 Å². The molecule has 4 nitrogen and oxygen atoms in total. The molecule has 0 spiro atoms. The second-order valence-corrected chi connectivity index (χ2v) is 4.55. The molecule has 0 aliphatic carbocycles. The van der Waals surface area contributed by atoms with Crippen molar-refractivity contribution in [1.29, 1.82) is 0 Å². The Hall–Kier alpha value is -1.26. The standard InChI is InChI=1S/C13H18ClNO3/c1-9(5-6-16)15-13(17)8-10-7-11(14)3-4-12(10)18-2/h3-4,7,9,16H,5-6,8H2,1-2H3,(H,15,17). The number of aliphatic hydroxyl groups is 1. The highest BCUT2D eigenvalue weighted by Gasteiger charge is 2.11. The van der Waals surface area contributed by atoms with Crippen molar-refractivity contribution >= 4 is 17.5 Å². The molecule has 1 amide bonds. The van der Waals surface area contributed by atoms with Gasteiger partial charge in [0.2, 0.25) is 5.91 Å². The number of methoxy groups -OCH3 is 1. The number of benzene rings is 1. The van der Waals surface area contributed by atoms with Gasteiger partial charge in [0.15, 0.2) is 0 Å². The number of hydrogen-bond donors (Lipinski definition) is 2. The Labute approximate surface area is 112 Å². The van der Waals surface area contributed by atoms with Crippen molar-refractivity contribution in [1.82, 2.24) is 5.32 Å². The lowest BCUT2D eigenvalue weighted by atomic mass is 10.1. The van der Waals surface area contributed by atoms with Gasteiger partial charge in [-0.05, 0) is 31.5 Å². The van der Waals surface area contributed by atoms with E-state index < -0.39 is 0 Å². The molecule has 0 aliphatic rings. The van der Waals surface area contributed by atoms with Crippen LogP contribution in [0.3, 0.4) is 0 Å². The average Bonchev–Trinajstić information content (AvgIpc) is 2.29. The van der Waals surface area contributed by atoms with Gasteiger partial charge in [-0.15, -0.1) is 0 Å². The van der Waals surface area contributed by atoms with E-state index in [1.54, 1.807) is 25.3 Å². The van der Waals surface area contributed by atoms with Gasteiger partial charge in [0, 0.05) is 23.2 Å². The van der Waals surface area contributed by atoms with E-state index in [1.807, 2.05) is 6.92 Å². The SMILES string of the molecule is COc1ccc(Cl)cc1CC(=O)NC(C)CCO. The fourth-order valence-electron chi connectivity index (χ4n) is 1.65. The Balaban J connectivity index is 2.66. The van der Waals surface area contributed by atoms with Crippen LogP contribution in [0.1, 0.15) is 18.9 Å². The third kappa shape index (κ3) is 4.55. The van der Waals surface area contributed by atoms with Crippen molar-refractivity contribution < 1.29 is 14.6 Å². The minimum absolute atomic E-state index is 0.0484. The van der Waals surface area contributed by atoms with Gasteiger partial charge in [0.25, 0.3) is 0 Å². The van der Waals surface area contributed by atoms with Crippen LogP contribution in [-0.4, -0.2) is 30.8 Å². The molecule has 1 unspecified atom stereocenters. The van der Waals surface area contributed by atoms with Gasteiger partial charge < -0.3 is 15.2 Å². The van der Waals surface area contributed by atoms with Crippen molar-refractivity contribution in [2.24, 2.45) is 0 Å². The first kappa shape index (κ1) is 14.8. The molecule has 0 radical (unpaired) electrons. The molecule has 0 heterocycles. The third-order valence-electron chi connectivity index (χ3n) is 2.56. The monoisotopic (exact) mass is 271 g/mol. The van der Waals surface area contributed by atoms with Crippen LogP contribution in [0.25, 0.3) is 0 Å². The molecule has 0 fully saturated rings. The van der Waals surface area contributed by atoms with Gasteiger partial charge in [-0.1, -0.05) is 11.6 Å². The Morgan fingerprint density at radius 3 is 2.89 bits per heavy atom. The van der Waals surface area contributed by atoms with Crippen LogP contribution in [0.15, 0.2) is 18.2 Å². The van der Waals surface area contributed by atoms with E-state index in [0.717, 1.165) is 5.56 Å². The molecular weight excluding hydrogens is 254 g/mol. The molecule has 0 aliphatic heterocycles. The Morgan fingerprint density at radius 1 is 1.56 bits per heavy atom. The summed E-state index contributed by atoms with van der Waals surface area (Å²) < 4.78 is 5.18. The lowest BCUT2D eigenvalue weighted by Crippen LogP contribution is -2.34. The minimum atomic E-state index is -0.114. The Bertz CT molecular complexity index is 409. The zero-order chi connectivity index (χ0) is 13.5. The van der Waals surface area contributed by atoms with Crippen molar-refractivity contribution in [3.8, 4) is 5.75 Å². The van der Waals surface area contributed by atoms with Gasteiger partial charge >= 0.3 is 0 Å². The zero-order valence-corrected chi connectivity index (χ0v) is 11.3. The molecule has 18 heavy (non-hydrogen) atoms. The molecule has 1 atom stereocenters. The van der Waals surface area contributed by atoms with Crippen molar-refractivity contribution in [3.05, 3.63) is 28.8 Å². The minimum Gasteiger partial charge on any atom is -0.496 e. The highest BCUT2D eigenvalue weighted by atomic mass is 35.5. The number of nitrogens with one attached hydrogen (secondary N) is 1. The lowest BCUT2D eigenvalue weighted by molar-refractivity contribution is -0.121. The van der Waals surface area contributed by atoms with E-state index in [2.05, 4.69) is 5.32 Å². The average molecular weight is 272 g/mol. The zero-order valence-electron chi connectivity index (χ0n) is 10.6. The maximum Gasteiger partial charge on any atom is 0.224 e. The summed E-state index contributed by atoms with van der Waals surface area (Å²) in [5, 5.41) is 12.1. The van der Waals surface area contributed by atoms with Crippen molar-refractivity contribution in [3.63, 3.8) is 0 Å². The van der Waals surface area contributed by atoms with Crippen LogP contribution in [-0.2, 0) is 11.2 Å². The predicted molar refractivity (Wildman–Crippen MR) is 71.0 cm³/mol. The molecule has 2 N–H and O–H groups in total. The van der Waals surface area contributed by atoms with E-state index in [9.17, 15) is 4.79 Å². The number of carbonyl (C=O) groups excluding carboxylic acids is 1. The number of carbonyl (C=O) groups is 1. The molecule has 0 saturated carbocycles. The molecule has 100 valence electrons. The number of halogens is 1. The summed E-state index contributed by atoms with van der Waals surface area (Å²) in [6, 6.07) is 5.13. The first-order valence-corrected chi connectivity index (χ1v) is 6.17. The maximum absolute atomic E-state index is 11.8. The molecule has 1 rings (SSSR count). The van der Waals surface area contributed by atoms with E-state index in [-0.39, 0.29) is 25.0 Å². The summed E-state index contributed by atoms with van der Waals surface area (Å²) in [5.41, 5.74) is 0.749. The van der Waals surface area contributed by atoms with Crippen molar-refractivity contribution in [2.75, 3.05) is 13.7 Å². The topological polar surface area (TPSA) is 58.6 Å². The lowest BCUT2D eigenvalue weighted by Gasteiger charge is -2.13. The Kier molecular flexibility index (Phi) is 5.95. The quantitative estimate of drug-likeness (QED) is 0.829. The normalized spacial score (nSPS) is 12.0. The summed E-state index contributed by atoms with van der Waals surface area (Å²) in [6.45, 7) is 1.91. The second-order valence-electron chi connectivity index (χ2n) is 4.11. The van der Waals surface area contributed by atoms with Crippen LogP contribution < -0.4 is 10.1 Å². The molecule has 5 heteroatoms. The predicted octanol–water partition coefficient (Wildman–Crippen LogP) is 1.78. The fraction of sp³-hybridized carbons (Fsp3) is 0.462. The summed E-state index contributed by atoms with van der Waals surface area (Å²) in [6.07, 6.45) is 0.748. The molecular formula is C13H18ClNO3. The van der Waals surface area contributed by atoms with Gasteiger partial charge in [0.1, 0.15) is 5.75 Å². The van der Waals surface area contributed by atoms with Gasteiger partial charge in [0.05, 0.1) is 13.5 Å². The van der Waals surface area contributed by atoms with E-state index in [0.29, 0.717) is 17.2 Å². The highest BCUT2D eigenvalue weighted by Crippen LogP contribution is 2.23. The highest BCUT2D eigenvalue weighted by molar-refractivity contribution is 6.30. The van der Waals surface area contributed by atoms with Gasteiger partial charge in [-0.25, -0.2) is 0 Å². The van der Waals surface area contributed by atoms with E-state index >= 15 is 0 Å². The smallest absolute Gasteiger partial charge is 0.224 e. The molecule has 1 aromatic carbocycles. The molecule has 0 bridgehead atoms. The summed E-state index contributed by atoms with van der Waals surface area (Å²) >= 11 is 5.89. The number of aliphatic hydroxyl groups excluding tert-OH is 1. The van der Waals surface area contributed by atoms with Crippen LogP contribution in [0.2, 0.25) is 5.02 Å². The van der Waals surface area contributed by atoms with Gasteiger partial charge in [-0.3, -0.25) is 4.79 Å². The van der Waals surface area contributed by atoms with Crippen LogP contribution in [0.4, 0.5) is 0 Å². The maximum atomic E-state index is 11.8. The molecule has 1 aromatic rings. The Morgan fingerprint density at radius 2 is 2.28 bits per heavy atom. The van der Waals surface area contributed by atoms with Crippen LogP contribution in [0.5, 0.6) is 5.75 Å². The number of rotatable bonds is 6. The number of amides is 1. The number of ether oxygens (including phenoxy) is 1. The molecule has 0 saturated heterocycles. The van der Waals surface area contributed by atoms with Crippen molar-refractivity contribution in [2.45, 2.75) is 25.8 Å². The van der Waals surface area contributed by atoms with E-state index in [4.69, 9.17) is 21.4 Å². The third-order valence-corrected chi connectivity index (χ3v) is 2.80. The summed E-state index contributed by atoms with van der Waals surface area (Å²) in [5.74, 6) is 0.529.